The number of anilines is 1. The maximum Gasteiger partial charge on any atom is 0.240 e. The Balaban J connectivity index is 1.53. The summed E-state index contributed by atoms with van der Waals surface area (Å²) in [5.41, 5.74) is 1.44. The first kappa shape index (κ1) is 21.2. The van der Waals surface area contributed by atoms with E-state index in [1.54, 1.807) is 6.07 Å². The van der Waals surface area contributed by atoms with Crippen LogP contribution >= 0.6 is 11.6 Å². The molecular formula is C22H18ClFN4O2S. The van der Waals surface area contributed by atoms with Crippen LogP contribution in [0.15, 0.2) is 77.7 Å². The van der Waals surface area contributed by atoms with Gasteiger partial charge in [-0.1, -0.05) is 35.9 Å². The van der Waals surface area contributed by atoms with E-state index in [4.69, 9.17) is 11.6 Å². The molecule has 0 aliphatic carbocycles. The Morgan fingerprint density at radius 1 is 0.871 bits per heavy atom. The average Bonchev–Trinajstić information content (AvgIpc) is 2.77. The fourth-order valence-corrected chi connectivity index (χ4v) is 4.29. The second-order valence-electron chi connectivity index (χ2n) is 6.67. The summed E-state index contributed by atoms with van der Waals surface area (Å²) in [6.45, 7) is 0.392. The fourth-order valence-electron chi connectivity index (χ4n) is 3.04. The first-order valence-corrected chi connectivity index (χ1v) is 11.3. The Kier molecular flexibility index (Phi) is 6.13. The molecule has 2 N–H and O–H groups in total. The largest absolute Gasteiger partial charge is 0.368 e. The lowest BCUT2D eigenvalue weighted by Gasteiger charge is -2.12. The van der Waals surface area contributed by atoms with Crippen molar-refractivity contribution in [3.8, 4) is 11.4 Å². The lowest BCUT2D eigenvalue weighted by atomic mass is 10.2. The second-order valence-corrected chi connectivity index (χ2v) is 8.85. The number of hydrogen-bond donors (Lipinski definition) is 2. The van der Waals surface area contributed by atoms with Crippen molar-refractivity contribution in [1.29, 1.82) is 0 Å². The number of fused-ring (bicyclic) bond motifs is 1. The minimum atomic E-state index is -3.74. The van der Waals surface area contributed by atoms with Gasteiger partial charge < -0.3 is 5.32 Å². The van der Waals surface area contributed by atoms with Gasteiger partial charge in [-0.05, 0) is 48.5 Å². The molecule has 0 atom stereocenters. The van der Waals surface area contributed by atoms with Crippen LogP contribution in [0.4, 0.5) is 10.2 Å². The van der Waals surface area contributed by atoms with Crippen molar-refractivity contribution < 1.29 is 12.8 Å². The molecule has 3 aromatic carbocycles. The molecule has 0 unspecified atom stereocenters. The predicted octanol–water partition coefficient (Wildman–Crippen LogP) is 4.48. The molecule has 1 heterocycles. The van der Waals surface area contributed by atoms with Crippen LogP contribution in [0, 0.1) is 5.82 Å². The molecule has 6 nitrogen and oxygen atoms in total. The Hall–Kier alpha value is -3.07. The number of aromatic nitrogens is 2. The van der Waals surface area contributed by atoms with Crippen molar-refractivity contribution in [2.24, 2.45) is 0 Å². The third-order valence-corrected chi connectivity index (χ3v) is 6.36. The quantitative estimate of drug-likeness (QED) is 0.400. The second kappa shape index (κ2) is 8.97. The van der Waals surface area contributed by atoms with E-state index in [2.05, 4.69) is 20.0 Å². The van der Waals surface area contributed by atoms with Crippen molar-refractivity contribution >= 4 is 38.3 Å². The van der Waals surface area contributed by atoms with Gasteiger partial charge in [-0.2, -0.15) is 0 Å². The number of sulfonamides is 1. The molecular weight excluding hydrogens is 439 g/mol. The van der Waals surface area contributed by atoms with Crippen LogP contribution in [-0.2, 0) is 10.0 Å². The van der Waals surface area contributed by atoms with Gasteiger partial charge in [0.25, 0.3) is 0 Å². The summed E-state index contributed by atoms with van der Waals surface area (Å²) in [6.07, 6.45) is 0. The van der Waals surface area contributed by atoms with Gasteiger partial charge in [-0.15, -0.1) is 0 Å². The summed E-state index contributed by atoms with van der Waals surface area (Å²) in [7, 11) is -3.74. The van der Waals surface area contributed by atoms with Crippen LogP contribution in [0.2, 0.25) is 5.02 Å². The lowest BCUT2D eigenvalue weighted by Crippen LogP contribution is -2.29. The maximum atomic E-state index is 13.0. The molecule has 4 aromatic rings. The molecule has 4 rings (SSSR count). The van der Waals surface area contributed by atoms with Gasteiger partial charge in [0.1, 0.15) is 11.6 Å². The van der Waals surface area contributed by atoms with Crippen LogP contribution in [0.3, 0.4) is 0 Å². The molecule has 31 heavy (non-hydrogen) atoms. The normalized spacial score (nSPS) is 11.5. The standard InChI is InChI=1S/C22H18ClFN4O2S/c23-19-7-3-1-5-17(19)22-27-20-8-4-2-6-18(20)21(28-22)25-13-14-26-31(29,30)16-11-9-15(24)10-12-16/h1-12,26H,13-14H2,(H,25,27,28). The maximum absolute atomic E-state index is 13.0. The topological polar surface area (TPSA) is 84.0 Å². The van der Waals surface area contributed by atoms with Crippen molar-refractivity contribution in [2.45, 2.75) is 4.90 Å². The van der Waals surface area contributed by atoms with Crippen molar-refractivity contribution in [3.63, 3.8) is 0 Å². The van der Waals surface area contributed by atoms with E-state index in [-0.39, 0.29) is 18.0 Å². The minimum Gasteiger partial charge on any atom is -0.368 e. The smallest absolute Gasteiger partial charge is 0.240 e. The number of hydrogen-bond acceptors (Lipinski definition) is 5. The molecule has 0 fully saturated rings. The van der Waals surface area contributed by atoms with Gasteiger partial charge in [0.15, 0.2) is 5.82 Å². The van der Waals surface area contributed by atoms with Gasteiger partial charge >= 0.3 is 0 Å². The highest BCUT2D eigenvalue weighted by atomic mass is 35.5. The highest BCUT2D eigenvalue weighted by molar-refractivity contribution is 7.89. The Morgan fingerprint density at radius 2 is 1.58 bits per heavy atom. The van der Waals surface area contributed by atoms with Gasteiger partial charge in [-0.3, -0.25) is 0 Å². The Bertz CT molecular complexity index is 1330. The molecule has 0 saturated carbocycles. The minimum absolute atomic E-state index is 0.00221. The zero-order valence-electron chi connectivity index (χ0n) is 16.2. The summed E-state index contributed by atoms with van der Waals surface area (Å²) in [5.74, 6) is 0.547. The van der Waals surface area contributed by atoms with Crippen LogP contribution in [0.5, 0.6) is 0 Å². The van der Waals surface area contributed by atoms with Crippen molar-refractivity contribution in [1.82, 2.24) is 14.7 Å². The van der Waals surface area contributed by atoms with Gasteiger partial charge in [0.2, 0.25) is 10.0 Å². The molecule has 0 radical (unpaired) electrons. The summed E-state index contributed by atoms with van der Waals surface area (Å²) >= 11 is 6.31. The van der Waals surface area contributed by atoms with E-state index in [1.165, 1.54) is 12.1 Å². The molecule has 158 valence electrons. The number of benzene rings is 3. The van der Waals surface area contributed by atoms with E-state index in [1.807, 2.05) is 42.5 Å². The third-order valence-electron chi connectivity index (χ3n) is 4.55. The summed E-state index contributed by atoms with van der Waals surface area (Å²) in [6, 6.07) is 19.5. The predicted molar refractivity (Wildman–Crippen MR) is 120 cm³/mol. The number of para-hydroxylation sites is 1. The van der Waals surface area contributed by atoms with Crippen molar-refractivity contribution in [2.75, 3.05) is 18.4 Å². The third kappa shape index (κ3) is 4.82. The summed E-state index contributed by atoms with van der Waals surface area (Å²) < 4.78 is 40.2. The molecule has 1 aromatic heterocycles. The highest BCUT2D eigenvalue weighted by Gasteiger charge is 2.14. The summed E-state index contributed by atoms with van der Waals surface area (Å²) in [5, 5.41) is 4.51. The van der Waals surface area contributed by atoms with E-state index in [0.29, 0.717) is 22.2 Å². The monoisotopic (exact) mass is 456 g/mol. The van der Waals surface area contributed by atoms with Crippen LogP contribution < -0.4 is 10.0 Å². The molecule has 0 aliphatic heterocycles. The molecule has 0 aliphatic rings. The summed E-state index contributed by atoms with van der Waals surface area (Å²) in [4.78, 5) is 9.21. The van der Waals surface area contributed by atoms with E-state index < -0.39 is 15.8 Å². The first-order valence-electron chi connectivity index (χ1n) is 9.45. The highest BCUT2D eigenvalue weighted by Crippen LogP contribution is 2.29. The number of nitrogens with zero attached hydrogens (tertiary/aromatic N) is 2. The van der Waals surface area contributed by atoms with E-state index in [9.17, 15) is 12.8 Å². The fraction of sp³-hybridized carbons (Fsp3) is 0.0909. The lowest BCUT2D eigenvalue weighted by molar-refractivity contribution is 0.582. The van der Waals surface area contributed by atoms with Crippen LogP contribution in [0.1, 0.15) is 0 Å². The van der Waals surface area contributed by atoms with Gasteiger partial charge in [0, 0.05) is 24.0 Å². The number of nitrogens with one attached hydrogen (secondary N) is 2. The van der Waals surface area contributed by atoms with E-state index >= 15 is 0 Å². The SMILES string of the molecule is O=S(=O)(NCCNc1nc(-c2ccccc2Cl)nc2ccccc12)c1ccc(F)cc1. The van der Waals surface area contributed by atoms with Crippen LogP contribution in [0.25, 0.3) is 22.3 Å². The first-order chi connectivity index (χ1) is 14.9. The Labute approximate surface area is 184 Å². The Morgan fingerprint density at radius 3 is 2.35 bits per heavy atom. The zero-order valence-corrected chi connectivity index (χ0v) is 17.8. The number of rotatable bonds is 7. The van der Waals surface area contributed by atoms with Crippen LogP contribution in [-0.4, -0.2) is 31.5 Å². The number of halogens is 2. The molecule has 0 amide bonds. The molecule has 0 spiro atoms. The zero-order chi connectivity index (χ0) is 21.8. The molecule has 0 bridgehead atoms. The van der Waals surface area contributed by atoms with Gasteiger partial charge in [0.05, 0.1) is 15.4 Å². The van der Waals surface area contributed by atoms with Crippen molar-refractivity contribution in [3.05, 3.63) is 83.6 Å². The van der Waals surface area contributed by atoms with Gasteiger partial charge in [-0.25, -0.2) is 27.5 Å². The molecule has 0 saturated heterocycles. The molecule has 9 heteroatoms. The average molecular weight is 457 g/mol. The van der Waals surface area contributed by atoms with E-state index in [0.717, 1.165) is 23.0 Å².